The van der Waals surface area contributed by atoms with Crippen LogP contribution in [0.15, 0.2) is 18.2 Å². The summed E-state index contributed by atoms with van der Waals surface area (Å²) in [5.41, 5.74) is 4.49. The summed E-state index contributed by atoms with van der Waals surface area (Å²) in [5.74, 6) is -2.91. The minimum Gasteiger partial charge on any atom is -0.478 e. The highest BCUT2D eigenvalue weighted by molar-refractivity contribution is 5.92. The van der Waals surface area contributed by atoms with E-state index in [2.05, 4.69) is 10.6 Å². The molecule has 1 aromatic carbocycles. The van der Waals surface area contributed by atoms with Gasteiger partial charge in [0.25, 0.3) is 0 Å². The Balaban J connectivity index is 2.58. The fourth-order valence-electron chi connectivity index (χ4n) is 1.24. The van der Waals surface area contributed by atoms with E-state index in [0.717, 1.165) is 12.1 Å². The van der Waals surface area contributed by atoms with Crippen LogP contribution in [-0.2, 0) is 4.79 Å². The summed E-state index contributed by atoms with van der Waals surface area (Å²) in [6.07, 6.45) is -0.0142. The molecule has 0 saturated carbocycles. The molecule has 0 aromatic heterocycles. The molecule has 0 aliphatic carbocycles. The Kier molecular flexibility index (Phi) is 4.81. The van der Waals surface area contributed by atoms with E-state index in [1.54, 1.807) is 0 Å². The van der Waals surface area contributed by atoms with Crippen molar-refractivity contribution in [1.82, 2.24) is 5.32 Å². The number of anilines is 1. The van der Waals surface area contributed by atoms with E-state index in [0.29, 0.717) is 0 Å². The lowest BCUT2D eigenvalue weighted by atomic mass is 10.2. The number of primary amides is 1. The van der Waals surface area contributed by atoms with Crippen molar-refractivity contribution in [3.05, 3.63) is 29.6 Å². The van der Waals surface area contributed by atoms with E-state index in [1.165, 1.54) is 6.07 Å². The number of nitrogens with two attached hydrogens (primary N) is 1. The number of rotatable bonds is 5. The number of urea groups is 1. The Hall–Kier alpha value is -2.64. The molecule has 3 amide bonds. The quantitative estimate of drug-likeness (QED) is 0.622. The normalized spacial score (nSPS) is 9.74. The van der Waals surface area contributed by atoms with Crippen LogP contribution < -0.4 is 16.4 Å². The molecule has 0 aliphatic heterocycles. The van der Waals surface area contributed by atoms with Crippen LogP contribution in [0.5, 0.6) is 0 Å². The van der Waals surface area contributed by atoms with Gasteiger partial charge in [0, 0.05) is 18.7 Å². The fraction of sp³-hybridized carbons (Fsp3) is 0.182. The molecule has 0 atom stereocenters. The number of benzene rings is 1. The van der Waals surface area contributed by atoms with Gasteiger partial charge in [0.1, 0.15) is 5.82 Å². The number of amides is 3. The molecule has 0 aliphatic rings. The summed E-state index contributed by atoms with van der Waals surface area (Å²) in [6, 6.07) is 2.53. The molecule has 8 heteroatoms. The predicted octanol–water partition coefficient (Wildman–Crippen LogP) is 0.521. The second-order valence-corrected chi connectivity index (χ2v) is 3.60. The standard InChI is InChI=1S/C11H12FN3O4/c12-8-5-6(1-2-7(8)10(17)18)15-11(19)14-4-3-9(13)16/h1-2,5H,3-4H2,(H2,13,16)(H,17,18)(H2,14,15,19). The molecule has 102 valence electrons. The fourth-order valence-corrected chi connectivity index (χ4v) is 1.24. The van der Waals surface area contributed by atoms with Gasteiger partial charge in [-0.1, -0.05) is 0 Å². The first kappa shape index (κ1) is 14.4. The molecule has 1 rings (SSSR count). The SMILES string of the molecule is NC(=O)CCNC(=O)Nc1ccc(C(=O)O)c(F)c1. The van der Waals surface area contributed by atoms with Crippen molar-refractivity contribution in [1.29, 1.82) is 0 Å². The van der Waals surface area contributed by atoms with Gasteiger partial charge in [-0.15, -0.1) is 0 Å². The largest absolute Gasteiger partial charge is 0.478 e. The van der Waals surface area contributed by atoms with Crippen LogP contribution in [0.25, 0.3) is 0 Å². The van der Waals surface area contributed by atoms with Crippen LogP contribution in [0.4, 0.5) is 14.9 Å². The lowest BCUT2D eigenvalue weighted by Gasteiger charge is -2.07. The Morgan fingerprint density at radius 1 is 1.32 bits per heavy atom. The first-order chi connectivity index (χ1) is 8.90. The van der Waals surface area contributed by atoms with Crippen LogP contribution in [0.3, 0.4) is 0 Å². The predicted molar refractivity (Wildman–Crippen MR) is 64.2 cm³/mol. The Morgan fingerprint density at radius 2 is 2.00 bits per heavy atom. The number of hydrogen-bond donors (Lipinski definition) is 4. The maximum absolute atomic E-state index is 13.3. The van der Waals surface area contributed by atoms with Crippen molar-refractivity contribution in [2.45, 2.75) is 6.42 Å². The Labute approximate surface area is 107 Å². The van der Waals surface area contributed by atoms with Crippen molar-refractivity contribution in [3.63, 3.8) is 0 Å². The molecule has 1 aromatic rings. The third-order valence-electron chi connectivity index (χ3n) is 2.11. The highest BCUT2D eigenvalue weighted by atomic mass is 19.1. The van der Waals surface area contributed by atoms with Crippen LogP contribution >= 0.6 is 0 Å². The molecule has 0 heterocycles. The Morgan fingerprint density at radius 3 is 2.53 bits per heavy atom. The van der Waals surface area contributed by atoms with Crippen molar-refractivity contribution >= 4 is 23.6 Å². The van der Waals surface area contributed by atoms with Gasteiger partial charge in [-0.05, 0) is 18.2 Å². The minimum atomic E-state index is -1.39. The van der Waals surface area contributed by atoms with Gasteiger partial charge in [0.2, 0.25) is 5.91 Å². The lowest BCUT2D eigenvalue weighted by Crippen LogP contribution is -2.31. The van der Waals surface area contributed by atoms with E-state index in [9.17, 15) is 18.8 Å². The molecule has 5 N–H and O–H groups in total. The number of carbonyl (C=O) groups excluding carboxylic acids is 2. The number of aromatic carboxylic acids is 1. The average Bonchev–Trinajstić information content (AvgIpc) is 2.27. The van der Waals surface area contributed by atoms with Crippen molar-refractivity contribution < 1.29 is 23.9 Å². The number of hydrogen-bond acceptors (Lipinski definition) is 3. The summed E-state index contributed by atoms with van der Waals surface area (Å²) in [5, 5.41) is 13.2. The summed E-state index contributed by atoms with van der Waals surface area (Å²) < 4.78 is 13.3. The molecule has 0 bridgehead atoms. The van der Waals surface area contributed by atoms with E-state index in [-0.39, 0.29) is 18.7 Å². The third kappa shape index (κ3) is 4.62. The molecule has 0 spiro atoms. The highest BCUT2D eigenvalue weighted by Gasteiger charge is 2.11. The van der Waals surface area contributed by atoms with Crippen LogP contribution in [-0.4, -0.2) is 29.6 Å². The second kappa shape index (κ2) is 6.34. The number of nitrogens with one attached hydrogen (secondary N) is 2. The number of halogens is 1. The maximum Gasteiger partial charge on any atom is 0.338 e. The smallest absolute Gasteiger partial charge is 0.338 e. The summed E-state index contributed by atoms with van der Waals surface area (Å²) in [4.78, 5) is 32.3. The lowest BCUT2D eigenvalue weighted by molar-refractivity contribution is -0.117. The zero-order valence-corrected chi connectivity index (χ0v) is 9.77. The zero-order chi connectivity index (χ0) is 14.4. The van der Waals surface area contributed by atoms with Crippen LogP contribution in [0, 0.1) is 5.82 Å². The molecule has 0 saturated heterocycles. The summed E-state index contributed by atoms with van der Waals surface area (Å²) >= 11 is 0. The molecule has 7 nitrogen and oxygen atoms in total. The van der Waals surface area contributed by atoms with Crippen molar-refractivity contribution in [2.75, 3.05) is 11.9 Å². The van der Waals surface area contributed by atoms with Gasteiger partial charge in [0.15, 0.2) is 0 Å². The topological polar surface area (TPSA) is 122 Å². The molecule has 0 fully saturated rings. The van der Waals surface area contributed by atoms with Crippen LogP contribution in [0.2, 0.25) is 0 Å². The summed E-state index contributed by atoms with van der Waals surface area (Å²) in [6.45, 7) is 0.0524. The average molecular weight is 269 g/mol. The molecule has 0 unspecified atom stereocenters. The second-order valence-electron chi connectivity index (χ2n) is 3.60. The van der Waals surface area contributed by atoms with Gasteiger partial charge in [0.05, 0.1) is 5.56 Å². The number of carbonyl (C=O) groups is 3. The number of carboxylic acid groups (broad SMARTS) is 1. The first-order valence-corrected chi connectivity index (χ1v) is 5.26. The van der Waals surface area contributed by atoms with E-state index < -0.39 is 29.3 Å². The van der Waals surface area contributed by atoms with Gasteiger partial charge >= 0.3 is 12.0 Å². The third-order valence-corrected chi connectivity index (χ3v) is 2.11. The van der Waals surface area contributed by atoms with Gasteiger partial charge in [-0.25, -0.2) is 14.0 Å². The molecular weight excluding hydrogens is 257 g/mol. The highest BCUT2D eigenvalue weighted by Crippen LogP contribution is 2.14. The van der Waals surface area contributed by atoms with Crippen molar-refractivity contribution in [2.24, 2.45) is 5.73 Å². The monoisotopic (exact) mass is 269 g/mol. The minimum absolute atomic E-state index is 0.0142. The molecule has 0 radical (unpaired) electrons. The van der Waals surface area contributed by atoms with E-state index in [4.69, 9.17) is 10.8 Å². The van der Waals surface area contributed by atoms with Gasteiger partial charge < -0.3 is 21.5 Å². The van der Waals surface area contributed by atoms with E-state index in [1.807, 2.05) is 0 Å². The maximum atomic E-state index is 13.3. The van der Waals surface area contributed by atoms with Gasteiger partial charge in [-0.3, -0.25) is 4.79 Å². The number of carboxylic acids is 1. The van der Waals surface area contributed by atoms with E-state index >= 15 is 0 Å². The van der Waals surface area contributed by atoms with Crippen LogP contribution in [0.1, 0.15) is 16.8 Å². The molecular formula is C11H12FN3O4. The summed E-state index contributed by atoms with van der Waals surface area (Å²) in [7, 11) is 0. The van der Waals surface area contributed by atoms with Crippen molar-refractivity contribution in [3.8, 4) is 0 Å². The molecule has 19 heavy (non-hydrogen) atoms. The zero-order valence-electron chi connectivity index (χ0n) is 9.77. The van der Waals surface area contributed by atoms with Gasteiger partial charge in [-0.2, -0.15) is 0 Å². The Bertz CT molecular complexity index is 519. The first-order valence-electron chi connectivity index (χ1n) is 5.26.